The molecule has 64 valence electrons. The quantitative estimate of drug-likeness (QED) is 0.438. The molecule has 0 aliphatic heterocycles. The third kappa shape index (κ3) is 3.53. The molecule has 1 aromatic carbocycles. The minimum absolute atomic E-state index is 0. The van der Waals surface area contributed by atoms with E-state index < -0.39 is 10.9 Å². The summed E-state index contributed by atoms with van der Waals surface area (Å²) in [5, 5.41) is 18.6. The molecule has 0 aliphatic carbocycles. The molecule has 0 spiro atoms. The minimum atomic E-state index is -1.09. The molecule has 1 N–H and O–H groups in total. The zero-order valence-electron chi connectivity index (χ0n) is 5.93. The number of nitro benzene ring substituents is 1. The predicted octanol–water partition coefficient (Wildman–Crippen LogP) is 0.644. The standard InChI is InChI=1S/C7H5NO4.K.H/c9-7(10)5-1-3-6(4-2-5)8(11)12;;/h1-4H,(H,9,10);;. The number of carbonyl (C=O) groups is 1. The molecule has 0 amide bonds. The molecule has 0 fully saturated rings. The van der Waals surface area contributed by atoms with Crippen molar-refractivity contribution in [3.8, 4) is 0 Å². The third-order valence-corrected chi connectivity index (χ3v) is 1.33. The summed E-state index contributed by atoms with van der Waals surface area (Å²) in [5.74, 6) is -1.09. The number of aromatic carboxylic acids is 1. The van der Waals surface area contributed by atoms with E-state index in [9.17, 15) is 14.9 Å². The van der Waals surface area contributed by atoms with Crippen LogP contribution in [0.25, 0.3) is 0 Å². The zero-order chi connectivity index (χ0) is 9.14. The van der Waals surface area contributed by atoms with Gasteiger partial charge in [-0.05, 0) is 12.1 Å². The first-order valence-corrected chi connectivity index (χ1v) is 3.09. The van der Waals surface area contributed by atoms with E-state index >= 15 is 0 Å². The normalized spacial score (nSPS) is 8.62. The first-order valence-electron chi connectivity index (χ1n) is 3.09. The van der Waals surface area contributed by atoms with Gasteiger partial charge in [0.1, 0.15) is 0 Å². The SMILES string of the molecule is O=C(O)c1ccc([N+](=O)[O-])cc1.[KH]. The van der Waals surface area contributed by atoms with Crippen LogP contribution in [0.2, 0.25) is 0 Å². The van der Waals surface area contributed by atoms with Gasteiger partial charge >= 0.3 is 57.4 Å². The summed E-state index contributed by atoms with van der Waals surface area (Å²) in [6.45, 7) is 0. The molecule has 13 heavy (non-hydrogen) atoms. The molecule has 0 aliphatic rings. The Labute approximate surface area is 116 Å². The maximum atomic E-state index is 10.3. The molecule has 0 bridgehead atoms. The molecule has 0 atom stereocenters. The van der Waals surface area contributed by atoms with E-state index in [0.29, 0.717) is 0 Å². The number of nitro groups is 1. The van der Waals surface area contributed by atoms with Crippen LogP contribution in [-0.2, 0) is 0 Å². The molecule has 1 rings (SSSR count). The van der Waals surface area contributed by atoms with Gasteiger partial charge < -0.3 is 5.11 Å². The van der Waals surface area contributed by atoms with Crippen molar-refractivity contribution >= 4 is 63.0 Å². The molecule has 0 radical (unpaired) electrons. The molecule has 0 heterocycles. The van der Waals surface area contributed by atoms with E-state index in [0.717, 1.165) is 12.1 Å². The molecule has 0 unspecified atom stereocenters. The van der Waals surface area contributed by atoms with Crippen molar-refractivity contribution in [2.24, 2.45) is 0 Å². The van der Waals surface area contributed by atoms with E-state index in [1.54, 1.807) is 0 Å². The van der Waals surface area contributed by atoms with Gasteiger partial charge in [-0.25, -0.2) is 4.79 Å². The summed E-state index contributed by atoms with van der Waals surface area (Å²) in [4.78, 5) is 19.9. The van der Waals surface area contributed by atoms with E-state index in [1.807, 2.05) is 0 Å². The number of hydrogen-bond donors (Lipinski definition) is 1. The second kappa shape index (κ2) is 5.46. The van der Waals surface area contributed by atoms with Gasteiger partial charge in [0.2, 0.25) is 0 Å². The van der Waals surface area contributed by atoms with Gasteiger partial charge in [-0.1, -0.05) is 0 Å². The number of nitrogens with zero attached hydrogens (tertiary/aromatic N) is 1. The maximum absolute atomic E-state index is 10.3. The summed E-state index contributed by atoms with van der Waals surface area (Å²) in [6.07, 6.45) is 0. The Morgan fingerprint density at radius 1 is 1.31 bits per heavy atom. The molecule has 0 saturated carbocycles. The van der Waals surface area contributed by atoms with Crippen LogP contribution in [-0.4, -0.2) is 67.4 Å². The van der Waals surface area contributed by atoms with Crippen molar-refractivity contribution < 1.29 is 14.8 Å². The average Bonchev–Trinajstić information content (AvgIpc) is 2.04. The zero-order valence-corrected chi connectivity index (χ0v) is 5.93. The van der Waals surface area contributed by atoms with Crippen LogP contribution in [0.15, 0.2) is 24.3 Å². The van der Waals surface area contributed by atoms with Crippen molar-refractivity contribution in [2.45, 2.75) is 0 Å². The second-order valence-corrected chi connectivity index (χ2v) is 2.11. The van der Waals surface area contributed by atoms with E-state index in [-0.39, 0.29) is 62.6 Å². The molecule has 6 heteroatoms. The second-order valence-electron chi connectivity index (χ2n) is 2.11. The van der Waals surface area contributed by atoms with Crippen LogP contribution < -0.4 is 0 Å². The monoisotopic (exact) mass is 207 g/mol. The van der Waals surface area contributed by atoms with Gasteiger partial charge in [0.25, 0.3) is 5.69 Å². The average molecular weight is 207 g/mol. The molecule has 5 nitrogen and oxygen atoms in total. The van der Waals surface area contributed by atoms with Crippen LogP contribution in [0.5, 0.6) is 0 Å². The number of rotatable bonds is 2. The predicted molar refractivity (Wildman–Crippen MR) is 47.2 cm³/mol. The van der Waals surface area contributed by atoms with Crippen molar-refractivity contribution in [1.29, 1.82) is 0 Å². The van der Waals surface area contributed by atoms with Gasteiger partial charge in [-0.3, -0.25) is 10.1 Å². The van der Waals surface area contributed by atoms with Crippen LogP contribution in [0, 0.1) is 10.1 Å². The van der Waals surface area contributed by atoms with Crippen LogP contribution >= 0.6 is 0 Å². The van der Waals surface area contributed by atoms with Crippen molar-refractivity contribution in [3.63, 3.8) is 0 Å². The number of benzene rings is 1. The Kier molecular flexibility index (Phi) is 5.34. The number of non-ortho nitro benzene ring substituents is 1. The number of hydrogen-bond acceptors (Lipinski definition) is 3. The summed E-state index contributed by atoms with van der Waals surface area (Å²) in [6, 6.07) is 4.70. The van der Waals surface area contributed by atoms with Gasteiger partial charge in [-0.2, -0.15) is 0 Å². The Hall–Kier alpha value is -0.274. The fourth-order valence-electron chi connectivity index (χ4n) is 0.726. The third-order valence-electron chi connectivity index (χ3n) is 1.33. The van der Waals surface area contributed by atoms with E-state index in [4.69, 9.17) is 5.11 Å². The summed E-state index contributed by atoms with van der Waals surface area (Å²) in [5.41, 5.74) is -0.0689. The van der Waals surface area contributed by atoms with Gasteiger partial charge in [-0.15, -0.1) is 0 Å². The Balaban J connectivity index is 0.00000144. The van der Waals surface area contributed by atoms with Crippen molar-refractivity contribution in [2.75, 3.05) is 0 Å². The summed E-state index contributed by atoms with van der Waals surface area (Å²) >= 11 is 0. The fourth-order valence-corrected chi connectivity index (χ4v) is 0.726. The molecule has 0 aromatic heterocycles. The van der Waals surface area contributed by atoms with Crippen LogP contribution in [0.3, 0.4) is 0 Å². The van der Waals surface area contributed by atoms with Gasteiger partial charge in [0.05, 0.1) is 10.5 Å². The van der Waals surface area contributed by atoms with Gasteiger partial charge in [0, 0.05) is 12.1 Å². The molecule has 1 aromatic rings. The molecular formula is C7H6KNO4. The van der Waals surface area contributed by atoms with Gasteiger partial charge in [0.15, 0.2) is 0 Å². The molecular weight excluding hydrogens is 201 g/mol. The summed E-state index contributed by atoms with van der Waals surface area (Å²) < 4.78 is 0. The van der Waals surface area contributed by atoms with Crippen molar-refractivity contribution in [3.05, 3.63) is 39.9 Å². The topological polar surface area (TPSA) is 80.4 Å². The van der Waals surface area contributed by atoms with Crippen molar-refractivity contribution in [1.82, 2.24) is 0 Å². The first kappa shape index (κ1) is 12.7. The van der Waals surface area contributed by atoms with Crippen LogP contribution in [0.4, 0.5) is 5.69 Å². The fraction of sp³-hybridized carbons (Fsp3) is 0. The van der Waals surface area contributed by atoms with Crippen LogP contribution in [0.1, 0.15) is 10.4 Å². The number of carboxylic acids is 1. The Bertz CT molecular complexity index is 289. The summed E-state index contributed by atoms with van der Waals surface area (Å²) in [7, 11) is 0. The van der Waals surface area contributed by atoms with E-state index in [1.165, 1.54) is 12.1 Å². The Morgan fingerprint density at radius 3 is 2.08 bits per heavy atom. The first-order chi connectivity index (χ1) is 5.61. The Morgan fingerprint density at radius 2 is 1.77 bits per heavy atom. The van der Waals surface area contributed by atoms with E-state index in [2.05, 4.69) is 0 Å². The molecule has 0 saturated heterocycles. The number of carboxylic acid groups (broad SMARTS) is 1.